The smallest absolute Gasteiger partial charge is 0.334 e. The number of sulfonamides is 1. The number of nitrogens with zero attached hydrogens (tertiary/aromatic N) is 1. The van der Waals surface area contributed by atoms with Crippen LogP contribution >= 0.6 is 35.0 Å². The van der Waals surface area contributed by atoms with Crippen molar-refractivity contribution in [2.75, 3.05) is 19.4 Å². The van der Waals surface area contributed by atoms with Gasteiger partial charge in [-0.1, -0.05) is 23.2 Å². The summed E-state index contributed by atoms with van der Waals surface area (Å²) in [5.74, 6) is -0.0775. The van der Waals surface area contributed by atoms with E-state index in [2.05, 4.69) is 4.74 Å². The number of aryl methyl sites for hydroxylation is 1. The van der Waals surface area contributed by atoms with E-state index in [9.17, 15) is 13.2 Å². The number of ether oxygens (including phenoxy) is 1. The minimum Gasteiger partial charge on any atom is -0.467 e. The first-order valence-electron chi connectivity index (χ1n) is 5.96. The fraction of sp³-hybridized carbons (Fsp3) is 0.417. The Bertz CT molecular complexity index is 678. The zero-order valence-corrected chi connectivity index (χ0v) is 14.4. The number of esters is 1. The average molecular weight is 370 g/mol. The van der Waals surface area contributed by atoms with Crippen molar-refractivity contribution in [2.45, 2.75) is 17.2 Å². The van der Waals surface area contributed by atoms with Crippen LogP contribution in [0, 0.1) is 6.92 Å². The summed E-state index contributed by atoms with van der Waals surface area (Å²) >= 11 is 13.2. The van der Waals surface area contributed by atoms with Crippen molar-refractivity contribution in [1.29, 1.82) is 0 Å². The molecular formula is C12H13Cl2NO4S2. The molecular weight excluding hydrogens is 357 g/mol. The summed E-state index contributed by atoms with van der Waals surface area (Å²) < 4.78 is 31.2. The van der Waals surface area contributed by atoms with Gasteiger partial charge in [-0.2, -0.15) is 4.31 Å². The number of carbonyl (C=O) groups excluding carboxylic acids is 1. The van der Waals surface area contributed by atoms with Gasteiger partial charge in [-0.05, 0) is 24.6 Å². The molecule has 0 N–H and O–H groups in total. The lowest BCUT2D eigenvalue weighted by atomic mass is 10.2. The monoisotopic (exact) mass is 369 g/mol. The summed E-state index contributed by atoms with van der Waals surface area (Å²) in [7, 11) is -2.66. The Morgan fingerprint density at radius 2 is 2.05 bits per heavy atom. The topological polar surface area (TPSA) is 63.7 Å². The van der Waals surface area contributed by atoms with Crippen molar-refractivity contribution in [1.82, 2.24) is 4.31 Å². The zero-order valence-electron chi connectivity index (χ0n) is 11.3. The van der Waals surface area contributed by atoms with Gasteiger partial charge < -0.3 is 4.74 Å². The molecule has 0 spiro atoms. The SMILES string of the molecule is COC(=O)C1SCCN1S(=O)(=O)c1cc(C)c(Cl)cc1Cl. The summed E-state index contributed by atoms with van der Waals surface area (Å²) in [6.07, 6.45) is 0. The van der Waals surface area contributed by atoms with Gasteiger partial charge in [0.1, 0.15) is 4.90 Å². The molecule has 2 rings (SSSR count). The van der Waals surface area contributed by atoms with Gasteiger partial charge >= 0.3 is 5.97 Å². The number of hydrogen-bond acceptors (Lipinski definition) is 5. The summed E-state index contributed by atoms with van der Waals surface area (Å²) in [6, 6.07) is 2.80. The van der Waals surface area contributed by atoms with Crippen molar-refractivity contribution in [3.8, 4) is 0 Å². The molecule has 5 nitrogen and oxygen atoms in total. The second-order valence-corrected chi connectivity index (χ2v) is 8.26. The number of thioether (sulfide) groups is 1. The van der Waals surface area contributed by atoms with Crippen molar-refractivity contribution < 1.29 is 17.9 Å². The van der Waals surface area contributed by atoms with Crippen LogP contribution in [-0.4, -0.2) is 43.5 Å². The number of benzene rings is 1. The minimum atomic E-state index is -3.89. The molecule has 0 aliphatic carbocycles. The molecule has 0 radical (unpaired) electrons. The Morgan fingerprint density at radius 1 is 1.38 bits per heavy atom. The molecule has 116 valence electrons. The van der Waals surface area contributed by atoms with Crippen molar-refractivity contribution >= 4 is 51.0 Å². The number of carbonyl (C=O) groups is 1. The zero-order chi connectivity index (χ0) is 15.8. The highest BCUT2D eigenvalue weighted by Crippen LogP contribution is 2.35. The standard InChI is InChI=1S/C12H13Cl2NO4S2/c1-7-5-10(9(14)6-8(7)13)21(17,18)15-3-4-20-11(15)12(16)19-2/h5-6,11H,3-4H2,1-2H3. The van der Waals surface area contributed by atoms with E-state index in [0.717, 1.165) is 4.31 Å². The first-order valence-corrected chi connectivity index (χ1v) is 9.20. The number of rotatable bonds is 3. The quantitative estimate of drug-likeness (QED) is 0.766. The predicted molar refractivity (Wildman–Crippen MR) is 83.4 cm³/mol. The lowest BCUT2D eigenvalue weighted by molar-refractivity contribution is -0.141. The van der Waals surface area contributed by atoms with Gasteiger partial charge in [0.05, 0.1) is 12.1 Å². The maximum absolute atomic E-state index is 12.7. The molecule has 0 bridgehead atoms. The summed E-state index contributed by atoms with van der Waals surface area (Å²) in [4.78, 5) is 11.7. The molecule has 0 amide bonds. The average Bonchev–Trinajstić information content (AvgIpc) is 2.91. The molecule has 0 aromatic heterocycles. The van der Waals surface area contributed by atoms with Crippen LogP contribution < -0.4 is 0 Å². The van der Waals surface area contributed by atoms with Gasteiger partial charge in [-0.25, -0.2) is 13.2 Å². The highest BCUT2D eigenvalue weighted by molar-refractivity contribution is 8.02. The summed E-state index contributed by atoms with van der Waals surface area (Å²) in [5, 5.41) is -0.461. The van der Waals surface area contributed by atoms with E-state index in [1.807, 2.05) is 0 Å². The van der Waals surface area contributed by atoms with E-state index >= 15 is 0 Å². The fourth-order valence-corrected chi connectivity index (χ4v) is 5.84. The predicted octanol–water partition coefficient (Wildman–Crippen LogP) is 2.54. The third-order valence-electron chi connectivity index (χ3n) is 3.05. The van der Waals surface area contributed by atoms with Gasteiger partial charge in [0.25, 0.3) is 0 Å². The molecule has 0 saturated carbocycles. The molecule has 1 aliphatic rings. The normalized spacial score (nSPS) is 19.7. The molecule has 1 aromatic carbocycles. The van der Waals surface area contributed by atoms with Crippen molar-refractivity contribution in [2.24, 2.45) is 0 Å². The number of hydrogen-bond donors (Lipinski definition) is 0. The van der Waals surface area contributed by atoms with Gasteiger partial charge in [0, 0.05) is 17.3 Å². The lowest BCUT2D eigenvalue weighted by Crippen LogP contribution is -2.40. The molecule has 1 aliphatic heterocycles. The Morgan fingerprint density at radius 3 is 2.67 bits per heavy atom. The van der Waals surface area contributed by atoms with Crippen LogP contribution in [0.4, 0.5) is 0 Å². The van der Waals surface area contributed by atoms with E-state index < -0.39 is 21.4 Å². The molecule has 1 heterocycles. The van der Waals surface area contributed by atoms with E-state index in [-0.39, 0.29) is 16.5 Å². The van der Waals surface area contributed by atoms with Crippen LogP contribution in [0.2, 0.25) is 10.0 Å². The van der Waals surface area contributed by atoms with Crippen molar-refractivity contribution in [3.63, 3.8) is 0 Å². The van der Waals surface area contributed by atoms with Crippen LogP contribution in [-0.2, 0) is 19.6 Å². The Hall–Kier alpha value is -0.470. The first kappa shape index (κ1) is 16.9. The Labute approximate surface area is 137 Å². The summed E-state index contributed by atoms with van der Waals surface area (Å²) in [5.41, 5.74) is 0.598. The Kier molecular flexibility index (Phi) is 5.10. The Balaban J connectivity index is 2.47. The third-order valence-corrected chi connectivity index (χ3v) is 7.10. The lowest BCUT2D eigenvalue weighted by Gasteiger charge is -2.22. The highest BCUT2D eigenvalue weighted by atomic mass is 35.5. The van der Waals surface area contributed by atoms with Gasteiger partial charge in [-0.3, -0.25) is 0 Å². The second kappa shape index (κ2) is 6.34. The molecule has 1 saturated heterocycles. The van der Waals surface area contributed by atoms with E-state index in [0.29, 0.717) is 16.3 Å². The van der Waals surface area contributed by atoms with E-state index in [1.165, 1.54) is 31.0 Å². The molecule has 1 atom stereocenters. The van der Waals surface area contributed by atoms with Crippen LogP contribution in [0.15, 0.2) is 17.0 Å². The fourth-order valence-electron chi connectivity index (χ4n) is 1.94. The van der Waals surface area contributed by atoms with Crippen LogP contribution in [0.3, 0.4) is 0 Å². The molecule has 1 aromatic rings. The molecule has 9 heteroatoms. The summed E-state index contributed by atoms with van der Waals surface area (Å²) in [6.45, 7) is 1.92. The van der Waals surface area contributed by atoms with Crippen LogP contribution in [0.25, 0.3) is 0 Å². The highest BCUT2D eigenvalue weighted by Gasteiger charge is 2.41. The van der Waals surface area contributed by atoms with E-state index in [1.54, 1.807) is 6.92 Å². The largest absolute Gasteiger partial charge is 0.467 e. The number of methoxy groups -OCH3 is 1. The van der Waals surface area contributed by atoms with E-state index in [4.69, 9.17) is 23.2 Å². The van der Waals surface area contributed by atoms with Crippen LogP contribution in [0.1, 0.15) is 5.56 Å². The van der Waals surface area contributed by atoms with Gasteiger partial charge in [0.2, 0.25) is 10.0 Å². The van der Waals surface area contributed by atoms with Crippen molar-refractivity contribution in [3.05, 3.63) is 27.7 Å². The first-order chi connectivity index (χ1) is 9.78. The molecule has 21 heavy (non-hydrogen) atoms. The molecule has 1 unspecified atom stereocenters. The van der Waals surface area contributed by atoms with Crippen LogP contribution in [0.5, 0.6) is 0 Å². The maximum Gasteiger partial charge on any atom is 0.334 e. The van der Waals surface area contributed by atoms with Gasteiger partial charge in [0.15, 0.2) is 5.37 Å². The third kappa shape index (κ3) is 3.17. The maximum atomic E-state index is 12.7. The number of halogens is 2. The minimum absolute atomic E-state index is 0.0334. The molecule has 1 fully saturated rings. The van der Waals surface area contributed by atoms with Gasteiger partial charge in [-0.15, -0.1) is 11.8 Å². The second-order valence-electron chi connectivity index (χ2n) is 4.39.